The predicted molar refractivity (Wildman–Crippen MR) is 143 cm³/mol. The molecule has 3 rings (SSSR count). The summed E-state index contributed by atoms with van der Waals surface area (Å²) in [5.41, 5.74) is 4.68. The van der Waals surface area contributed by atoms with Crippen LogP contribution >= 0.6 is 0 Å². The average Bonchev–Trinajstić information content (AvgIpc) is 2.89. The molecule has 6 heteroatoms. The van der Waals surface area contributed by atoms with Gasteiger partial charge in [-0.25, -0.2) is 14.4 Å². The highest BCUT2D eigenvalue weighted by atomic mass is 16.5. The molecule has 0 saturated heterocycles. The molecule has 0 fully saturated rings. The van der Waals surface area contributed by atoms with Crippen LogP contribution in [-0.4, -0.2) is 24.5 Å². The molecule has 6 nitrogen and oxygen atoms in total. The van der Waals surface area contributed by atoms with E-state index < -0.39 is 11.9 Å². The smallest absolute Gasteiger partial charge is 0.338 e. The number of hydrogen-bond donors (Lipinski definition) is 0. The SMILES string of the molecule is C=C(C)C(=O)OCCc1ccc(-c2ccc(/C=C/C(=O)Oc3ccc(OC(=O)C(=C)C)cc3)cc2)cc1. The maximum atomic E-state index is 12.2. The number of benzene rings is 3. The fourth-order valence-corrected chi connectivity index (χ4v) is 3.12. The van der Waals surface area contributed by atoms with Crippen LogP contribution in [0.1, 0.15) is 25.0 Å². The first-order valence-electron chi connectivity index (χ1n) is 11.6. The summed E-state index contributed by atoms with van der Waals surface area (Å²) in [5.74, 6) is -0.758. The fourth-order valence-electron chi connectivity index (χ4n) is 3.12. The fraction of sp³-hybridized carbons (Fsp3) is 0.129. The van der Waals surface area contributed by atoms with Gasteiger partial charge in [-0.15, -0.1) is 0 Å². The zero-order valence-corrected chi connectivity index (χ0v) is 20.9. The molecule has 37 heavy (non-hydrogen) atoms. The van der Waals surface area contributed by atoms with Crippen molar-refractivity contribution in [1.82, 2.24) is 0 Å². The highest BCUT2D eigenvalue weighted by molar-refractivity contribution is 5.89. The summed E-state index contributed by atoms with van der Waals surface area (Å²) in [6, 6.07) is 22.0. The normalized spacial score (nSPS) is 10.5. The number of carbonyl (C=O) groups excluding carboxylic acids is 3. The summed E-state index contributed by atoms with van der Waals surface area (Å²) < 4.78 is 15.5. The van der Waals surface area contributed by atoms with E-state index in [-0.39, 0.29) is 5.97 Å². The van der Waals surface area contributed by atoms with E-state index in [1.807, 2.05) is 48.5 Å². The predicted octanol–water partition coefficient (Wildman–Crippen LogP) is 6.12. The van der Waals surface area contributed by atoms with Crippen LogP contribution in [-0.2, 0) is 25.5 Å². The molecular formula is C31H28O6. The van der Waals surface area contributed by atoms with Crippen LogP contribution in [0.3, 0.4) is 0 Å². The van der Waals surface area contributed by atoms with Crippen molar-refractivity contribution in [2.45, 2.75) is 20.3 Å². The maximum absolute atomic E-state index is 12.2. The van der Waals surface area contributed by atoms with E-state index in [0.29, 0.717) is 35.7 Å². The number of ether oxygens (including phenoxy) is 3. The lowest BCUT2D eigenvalue weighted by Crippen LogP contribution is -2.08. The van der Waals surface area contributed by atoms with Gasteiger partial charge in [0.25, 0.3) is 0 Å². The second-order valence-corrected chi connectivity index (χ2v) is 8.38. The van der Waals surface area contributed by atoms with Crippen molar-refractivity contribution in [3.05, 3.63) is 114 Å². The molecule has 0 amide bonds. The van der Waals surface area contributed by atoms with Gasteiger partial charge in [-0.1, -0.05) is 61.7 Å². The zero-order chi connectivity index (χ0) is 26.8. The topological polar surface area (TPSA) is 78.9 Å². The van der Waals surface area contributed by atoms with E-state index in [0.717, 1.165) is 22.3 Å². The summed E-state index contributed by atoms with van der Waals surface area (Å²) in [6.45, 7) is 10.6. The van der Waals surface area contributed by atoms with Gasteiger partial charge in [-0.05, 0) is 66.4 Å². The highest BCUT2D eigenvalue weighted by Gasteiger charge is 2.07. The summed E-state index contributed by atoms with van der Waals surface area (Å²) in [4.78, 5) is 35.2. The van der Waals surface area contributed by atoms with E-state index in [2.05, 4.69) is 13.2 Å². The molecule has 0 unspecified atom stereocenters. The zero-order valence-electron chi connectivity index (χ0n) is 20.9. The Bertz CT molecular complexity index is 1310. The van der Waals surface area contributed by atoms with Crippen LogP contribution < -0.4 is 9.47 Å². The van der Waals surface area contributed by atoms with Crippen LogP contribution in [0.15, 0.2) is 103 Å². The van der Waals surface area contributed by atoms with Gasteiger partial charge >= 0.3 is 17.9 Å². The Morgan fingerprint density at radius 1 is 0.703 bits per heavy atom. The molecule has 0 aromatic heterocycles. The van der Waals surface area contributed by atoms with Crippen molar-refractivity contribution < 1.29 is 28.6 Å². The summed E-state index contributed by atoms with van der Waals surface area (Å²) in [6.07, 6.45) is 3.65. The minimum absolute atomic E-state index is 0.294. The number of esters is 3. The van der Waals surface area contributed by atoms with Gasteiger partial charge in [0, 0.05) is 23.6 Å². The lowest BCUT2D eigenvalue weighted by molar-refractivity contribution is -0.138. The van der Waals surface area contributed by atoms with Crippen LogP contribution in [0.2, 0.25) is 0 Å². The Balaban J connectivity index is 1.51. The Hall–Kier alpha value is -4.71. The third-order valence-electron chi connectivity index (χ3n) is 5.18. The maximum Gasteiger partial charge on any atom is 0.338 e. The molecule has 0 atom stereocenters. The molecule has 0 aliphatic carbocycles. The molecular weight excluding hydrogens is 468 g/mol. The van der Waals surface area contributed by atoms with Gasteiger partial charge in [0.15, 0.2) is 0 Å². The number of rotatable bonds is 10. The molecule has 0 bridgehead atoms. The van der Waals surface area contributed by atoms with Gasteiger partial charge < -0.3 is 14.2 Å². The minimum Gasteiger partial charge on any atom is -0.462 e. The van der Waals surface area contributed by atoms with Crippen molar-refractivity contribution in [1.29, 1.82) is 0 Å². The quantitative estimate of drug-likeness (QED) is 0.191. The van der Waals surface area contributed by atoms with E-state index in [4.69, 9.17) is 14.2 Å². The van der Waals surface area contributed by atoms with Crippen molar-refractivity contribution in [3.8, 4) is 22.6 Å². The molecule has 0 radical (unpaired) electrons. The van der Waals surface area contributed by atoms with Crippen molar-refractivity contribution in [2.75, 3.05) is 6.61 Å². The summed E-state index contributed by atoms with van der Waals surface area (Å²) in [7, 11) is 0. The molecule has 0 spiro atoms. The van der Waals surface area contributed by atoms with Crippen molar-refractivity contribution in [2.24, 2.45) is 0 Å². The standard InChI is InChI=1S/C31H28O6/c1-21(2)30(33)35-20-19-24-7-12-26(13-8-24)25-10-5-23(6-11-25)9-18-29(32)36-27-14-16-28(17-15-27)37-31(34)22(3)4/h5-18H,1,3,19-20H2,2,4H3/b18-9+. The minimum atomic E-state index is -0.528. The molecule has 0 aliphatic rings. The molecule has 0 heterocycles. The monoisotopic (exact) mass is 496 g/mol. The lowest BCUT2D eigenvalue weighted by atomic mass is 10.0. The Labute approximate surface area is 216 Å². The van der Waals surface area contributed by atoms with Crippen molar-refractivity contribution >= 4 is 24.0 Å². The number of carbonyl (C=O) groups is 3. The first-order valence-corrected chi connectivity index (χ1v) is 11.6. The second kappa shape index (κ2) is 12.8. The van der Waals surface area contributed by atoms with Gasteiger partial charge in [0.05, 0.1) is 6.61 Å². The van der Waals surface area contributed by atoms with Crippen LogP contribution in [0.4, 0.5) is 0 Å². The molecule has 0 N–H and O–H groups in total. The Morgan fingerprint density at radius 2 is 1.22 bits per heavy atom. The molecule has 3 aromatic rings. The number of hydrogen-bond acceptors (Lipinski definition) is 6. The highest BCUT2D eigenvalue weighted by Crippen LogP contribution is 2.22. The summed E-state index contributed by atoms with van der Waals surface area (Å²) in [5, 5.41) is 0. The third-order valence-corrected chi connectivity index (χ3v) is 5.18. The van der Waals surface area contributed by atoms with Gasteiger partial charge in [-0.2, -0.15) is 0 Å². The first-order chi connectivity index (χ1) is 17.7. The van der Waals surface area contributed by atoms with Crippen LogP contribution in [0.5, 0.6) is 11.5 Å². The van der Waals surface area contributed by atoms with Gasteiger partial charge in [0.2, 0.25) is 0 Å². The molecule has 3 aromatic carbocycles. The Kier molecular flexibility index (Phi) is 9.33. The van der Waals surface area contributed by atoms with Gasteiger partial charge in [-0.3, -0.25) is 0 Å². The molecule has 188 valence electrons. The molecule has 0 saturated carbocycles. The van der Waals surface area contributed by atoms with E-state index >= 15 is 0 Å². The lowest BCUT2D eigenvalue weighted by Gasteiger charge is -2.07. The van der Waals surface area contributed by atoms with Crippen LogP contribution in [0, 0.1) is 0 Å². The molecule has 0 aliphatic heterocycles. The van der Waals surface area contributed by atoms with E-state index in [9.17, 15) is 14.4 Å². The van der Waals surface area contributed by atoms with E-state index in [1.54, 1.807) is 32.1 Å². The average molecular weight is 497 g/mol. The second-order valence-electron chi connectivity index (χ2n) is 8.38. The largest absolute Gasteiger partial charge is 0.462 e. The van der Waals surface area contributed by atoms with Crippen LogP contribution in [0.25, 0.3) is 17.2 Å². The van der Waals surface area contributed by atoms with E-state index in [1.165, 1.54) is 18.2 Å². The van der Waals surface area contributed by atoms with Crippen molar-refractivity contribution in [3.63, 3.8) is 0 Å². The third kappa shape index (κ3) is 8.47. The first kappa shape index (κ1) is 26.9. The Morgan fingerprint density at radius 3 is 1.76 bits per heavy atom. The summed E-state index contributed by atoms with van der Waals surface area (Å²) >= 11 is 0. The van der Waals surface area contributed by atoms with Gasteiger partial charge in [0.1, 0.15) is 11.5 Å².